The summed E-state index contributed by atoms with van der Waals surface area (Å²) < 4.78 is 7.12. The minimum Gasteiger partial charge on any atom is -0.476 e. The van der Waals surface area contributed by atoms with Crippen molar-refractivity contribution >= 4 is 6.08 Å². The molecule has 1 aromatic rings. The Morgan fingerprint density at radius 2 is 2.50 bits per heavy atom. The summed E-state index contributed by atoms with van der Waals surface area (Å²) in [6.07, 6.45) is 4.63. The monoisotopic (exact) mass is 166 g/mol. The van der Waals surface area contributed by atoms with Gasteiger partial charge in [-0.3, -0.25) is 4.68 Å². The lowest BCUT2D eigenvalue weighted by Crippen LogP contribution is -1.97. The Bertz CT molecular complexity index is 265. The van der Waals surface area contributed by atoms with Crippen molar-refractivity contribution in [2.24, 2.45) is 7.05 Å². The maximum absolute atomic E-state index is 5.39. The van der Waals surface area contributed by atoms with Gasteiger partial charge in [0.1, 0.15) is 0 Å². The van der Waals surface area contributed by atoms with Crippen molar-refractivity contribution in [3.8, 4) is 5.88 Å². The van der Waals surface area contributed by atoms with E-state index in [2.05, 4.69) is 18.6 Å². The summed E-state index contributed by atoms with van der Waals surface area (Å²) in [5, 5.41) is 4.14. The minimum atomic E-state index is 0.675. The molecule has 12 heavy (non-hydrogen) atoms. The Morgan fingerprint density at radius 1 is 1.75 bits per heavy atom. The van der Waals surface area contributed by atoms with E-state index in [9.17, 15) is 0 Å². The Balaban J connectivity index is 2.74. The van der Waals surface area contributed by atoms with Crippen molar-refractivity contribution in [3.63, 3.8) is 0 Å². The lowest BCUT2D eigenvalue weighted by atomic mass is 10.3. The highest BCUT2D eigenvalue weighted by Gasteiger charge is 2.03. The molecule has 0 amide bonds. The zero-order valence-corrected chi connectivity index (χ0v) is 7.58. The highest BCUT2D eigenvalue weighted by Crippen LogP contribution is 2.16. The SMILES string of the molecule is C=Cc1cn(C)nc1OCCC. The number of ether oxygens (including phenoxy) is 1. The Morgan fingerprint density at radius 3 is 3.08 bits per heavy atom. The van der Waals surface area contributed by atoms with Gasteiger partial charge in [0, 0.05) is 13.2 Å². The maximum atomic E-state index is 5.39. The predicted octanol–water partition coefficient (Wildman–Crippen LogP) is 1.85. The average molecular weight is 166 g/mol. The smallest absolute Gasteiger partial charge is 0.240 e. The van der Waals surface area contributed by atoms with Gasteiger partial charge in [-0.1, -0.05) is 19.6 Å². The quantitative estimate of drug-likeness (QED) is 0.682. The molecule has 0 fully saturated rings. The number of rotatable bonds is 4. The van der Waals surface area contributed by atoms with Gasteiger partial charge in [-0.2, -0.15) is 0 Å². The average Bonchev–Trinajstić information content (AvgIpc) is 2.42. The largest absolute Gasteiger partial charge is 0.476 e. The molecule has 0 atom stereocenters. The summed E-state index contributed by atoms with van der Waals surface area (Å²) in [7, 11) is 1.87. The predicted molar refractivity (Wildman–Crippen MR) is 49.1 cm³/mol. The molecule has 0 saturated heterocycles. The van der Waals surface area contributed by atoms with E-state index >= 15 is 0 Å². The first-order chi connectivity index (χ1) is 5.77. The molecule has 0 aliphatic rings. The van der Waals surface area contributed by atoms with Crippen molar-refractivity contribution in [3.05, 3.63) is 18.3 Å². The van der Waals surface area contributed by atoms with Gasteiger partial charge in [0.25, 0.3) is 0 Å². The van der Waals surface area contributed by atoms with Crippen molar-refractivity contribution < 1.29 is 4.74 Å². The third-order valence-corrected chi connectivity index (χ3v) is 1.48. The van der Waals surface area contributed by atoms with E-state index in [1.807, 2.05) is 13.2 Å². The fourth-order valence-corrected chi connectivity index (χ4v) is 0.937. The van der Waals surface area contributed by atoms with Gasteiger partial charge in [-0.25, -0.2) is 0 Å². The molecule has 0 aliphatic heterocycles. The maximum Gasteiger partial charge on any atom is 0.240 e. The highest BCUT2D eigenvalue weighted by molar-refractivity contribution is 5.51. The van der Waals surface area contributed by atoms with Crippen LogP contribution in [0, 0.1) is 0 Å². The Labute approximate surface area is 72.7 Å². The van der Waals surface area contributed by atoms with Crippen LogP contribution < -0.4 is 4.74 Å². The molecular formula is C9H14N2O. The van der Waals surface area contributed by atoms with Crippen LogP contribution in [0.25, 0.3) is 6.08 Å². The van der Waals surface area contributed by atoms with E-state index in [1.165, 1.54) is 0 Å². The van der Waals surface area contributed by atoms with Gasteiger partial charge in [0.05, 0.1) is 12.2 Å². The van der Waals surface area contributed by atoms with E-state index in [4.69, 9.17) is 4.74 Å². The highest BCUT2D eigenvalue weighted by atomic mass is 16.5. The number of hydrogen-bond donors (Lipinski definition) is 0. The van der Waals surface area contributed by atoms with Crippen LogP contribution in [-0.2, 0) is 7.05 Å². The molecule has 3 heteroatoms. The lowest BCUT2D eigenvalue weighted by molar-refractivity contribution is 0.301. The lowest BCUT2D eigenvalue weighted by Gasteiger charge is -1.99. The van der Waals surface area contributed by atoms with Crippen LogP contribution in [0.4, 0.5) is 0 Å². The van der Waals surface area contributed by atoms with Crippen molar-refractivity contribution in [1.29, 1.82) is 0 Å². The summed E-state index contributed by atoms with van der Waals surface area (Å²) >= 11 is 0. The van der Waals surface area contributed by atoms with E-state index in [1.54, 1.807) is 10.8 Å². The van der Waals surface area contributed by atoms with E-state index in [-0.39, 0.29) is 0 Å². The molecule has 0 aromatic carbocycles. The summed E-state index contributed by atoms with van der Waals surface area (Å²) in [6.45, 7) is 6.45. The molecule has 1 rings (SSSR count). The molecule has 3 nitrogen and oxygen atoms in total. The van der Waals surface area contributed by atoms with Gasteiger partial charge < -0.3 is 4.74 Å². The number of aromatic nitrogens is 2. The third-order valence-electron chi connectivity index (χ3n) is 1.48. The van der Waals surface area contributed by atoms with Crippen molar-refractivity contribution in [2.75, 3.05) is 6.61 Å². The minimum absolute atomic E-state index is 0.675. The topological polar surface area (TPSA) is 27.1 Å². The molecule has 1 heterocycles. The number of hydrogen-bond acceptors (Lipinski definition) is 2. The van der Waals surface area contributed by atoms with Crippen LogP contribution in [0.3, 0.4) is 0 Å². The number of nitrogens with zero attached hydrogens (tertiary/aromatic N) is 2. The summed E-state index contributed by atoms with van der Waals surface area (Å²) in [5.41, 5.74) is 0.950. The fourth-order valence-electron chi connectivity index (χ4n) is 0.937. The van der Waals surface area contributed by atoms with Crippen LogP contribution in [0.1, 0.15) is 18.9 Å². The first-order valence-electron chi connectivity index (χ1n) is 4.06. The molecule has 0 unspecified atom stereocenters. The molecule has 0 spiro atoms. The standard InChI is InChI=1S/C9H14N2O/c1-4-6-12-9-8(5-2)7-11(3)10-9/h5,7H,2,4,6H2,1,3H3. The summed E-state index contributed by atoms with van der Waals surface area (Å²) in [5.74, 6) is 0.675. The van der Waals surface area contributed by atoms with E-state index in [0.717, 1.165) is 12.0 Å². The van der Waals surface area contributed by atoms with Gasteiger partial charge in [0.2, 0.25) is 5.88 Å². The molecule has 1 aromatic heterocycles. The molecule has 66 valence electrons. The second kappa shape index (κ2) is 3.95. The van der Waals surface area contributed by atoms with E-state index in [0.29, 0.717) is 12.5 Å². The van der Waals surface area contributed by atoms with Crippen LogP contribution in [0.15, 0.2) is 12.8 Å². The normalized spacial score (nSPS) is 9.83. The zero-order chi connectivity index (χ0) is 8.97. The van der Waals surface area contributed by atoms with Gasteiger partial charge >= 0.3 is 0 Å². The van der Waals surface area contributed by atoms with Gasteiger partial charge in [-0.05, 0) is 6.42 Å². The van der Waals surface area contributed by atoms with Crippen LogP contribution in [-0.4, -0.2) is 16.4 Å². The molecule has 0 N–H and O–H groups in total. The van der Waals surface area contributed by atoms with Crippen LogP contribution in [0.2, 0.25) is 0 Å². The van der Waals surface area contributed by atoms with Crippen molar-refractivity contribution in [1.82, 2.24) is 9.78 Å². The third kappa shape index (κ3) is 1.87. The summed E-state index contributed by atoms with van der Waals surface area (Å²) in [6, 6.07) is 0. The number of aryl methyl sites for hydroxylation is 1. The van der Waals surface area contributed by atoms with E-state index < -0.39 is 0 Å². The Hall–Kier alpha value is -1.25. The van der Waals surface area contributed by atoms with Gasteiger partial charge in [0.15, 0.2) is 0 Å². The molecular weight excluding hydrogens is 152 g/mol. The first-order valence-corrected chi connectivity index (χ1v) is 4.06. The van der Waals surface area contributed by atoms with Crippen molar-refractivity contribution in [2.45, 2.75) is 13.3 Å². The summed E-state index contributed by atoms with van der Waals surface area (Å²) in [4.78, 5) is 0. The molecule has 0 aliphatic carbocycles. The van der Waals surface area contributed by atoms with Crippen LogP contribution >= 0.6 is 0 Å². The second-order valence-electron chi connectivity index (χ2n) is 2.62. The second-order valence-corrected chi connectivity index (χ2v) is 2.62. The fraction of sp³-hybridized carbons (Fsp3) is 0.444. The molecule has 0 bridgehead atoms. The molecule has 0 radical (unpaired) electrons. The molecule has 0 saturated carbocycles. The first kappa shape index (κ1) is 8.84. The van der Waals surface area contributed by atoms with Crippen LogP contribution in [0.5, 0.6) is 5.88 Å². The zero-order valence-electron chi connectivity index (χ0n) is 7.58. The Kier molecular flexibility index (Phi) is 2.91. The van der Waals surface area contributed by atoms with Gasteiger partial charge in [-0.15, -0.1) is 5.10 Å².